The number of anilines is 2. The van der Waals surface area contributed by atoms with Crippen molar-refractivity contribution in [1.82, 2.24) is 4.98 Å². The number of pyridine rings is 1. The van der Waals surface area contributed by atoms with Crippen LogP contribution in [0.2, 0.25) is 0 Å². The third-order valence-electron chi connectivity index (χ3n) is 3.21. The number of nitrogens with zero attached hydrogens (tertiary/aromatic N) is 3. The summed E-state index contributed by atoms with van der Waals surface area (Å²) in [6.07, 6.45) is -2.29. The fourth-order valence-corrected chi connectivity index (χ4v) is 2.24. The zero-order valence-electron chi connectivity index (χ0n) is 10.1. The first-order valence-corrected chi connectivity index (χ1v) is 5.89. The predicted octanol–water partition coefficient (Wildman–Crippen LogP) is 2.31. The standard InChI is InChI=1S/C12H13F3N4/c13-12(14,15)9-2-1-3-19(7-9)11-10(17)4-8(5-16)6-18-11/h4,6,9H,1-3,7,17H2. The Kier molecular flexibility index (Phi) is 3.51. The summed E-state index contributed by atoms with van der Waals surface area (Å²) in [4.78, 5) is 5.54. The summed E-state index contributed by atoms with van der Waals surface area (Å²) in [6.45, 7) is 0.363. The van der Waals surface area contributed by atoms with Gasteiger partial charge in [-0.05, 0) is 18.9 Å². The van der Waals surface area contributed by atoms with E-state index in [1.54, 1.807) is 0 Å². The van der Waals surface area contributed by atoms with Crippen LogP contribution < -0.4 is 10.6 Å². The van der Waals surface area contributed by atoms with Gasteiger partial charge in [-0.3, -0.25) is 0 Å². The lowest BCUT2D eigenvalue weighted by Gasteiger charge is -2.34. The van der Waals surface area contributed by atoms with Crippen LogP contribution in [0.25, 0.3) is 0 Å². The minimum Gasteiger partial charge on any atom is -0.396 e. The van der Waals surface area contributed by atoms with E-state index < -0.39 is 12.1 Å². The van der Waals surface area contributed by atoms with Gasteiger partial charge < -0.3 is 10.6 Å². The highest BCUT2D eigenvalue weighted by atomic mass is 19.4. The summed E-state index contributed by atoms with van der Waals surface area (Å²) >= 11 is 0. The largest absolute Gasteiger partial charge is 0.396 e. The van der Waals surface area contributed by atoms with E-state index in [4.69, 9.17) is 11.0 Å². The Balaban J connectivity index is 2.20. The first-order valence-electron chi connectivity index (χ1n) is 5.89. The molecule has 1 atom stereocenters. The number of hydrogen-bond donors (Lipinski definition) is 1. The van der Waals surface area contributed by atoms with Crippen molar-refractivity contribution in [2.24, 2.45) is 5.92 Å². The molecule has 0 bridgehead atoms. The number of nitriles is 1. The lowest BCUT2D eigenvalue weighted by Crippen LogP contribution is -2.42. The highest BCUT2D eigenvalue weighted by molar-refractivity contribution is 5.64. The van der Waals surface area contributed by atoms with Gasteiger partial charge in [-0.2, -0.15) is 18.4 Å². The predicted molar refractivity (Wildman–Crippen MR) is 64.4 cm³/mol. The second-order valence-electron chi connectivity index (χ2n) is 4.58. The maximum atomic E-state index is 12.7. The van der Waals surface area contributed by atoms with E-state index in [-0.39, 0.29) is 18.7 Å². The second kappa shape index (κ2) is 4.96. The molecule has 4 nitrogen and oxygen atoms in total. The van der Waals surface area contributed by atoms with Crippen LogP contribution in [0, 0.1) is 17.2 Å². The monoisotopic (exact) mass is 270 g/mol. The van der Waals surface area contributed by atoms with Gasteiger partial charge in [0.25, 0.3) is 0 Å². The van der Waals surface area contributed by atoms with Crippen LogP contribution in [0.1, 0.15) is 18.4 Å². The highest BCUT2D eigenvalue weighted by Crippen LogP contribution is 2.35. The van der Waals surface area contributed by atoms with Crippen LogP contribution >= 0.6 is 0 Å². The molecule has 0 amide bonds. The molecular weight excluding hydrogens is 257 g/mol. The first-order chi connectivity index (χ1) is 8.91. The molecule has 1 aromatic rings. The molecule has 7 heteroatoms. The van der Waals surface area contributed by atoms with Crippen molar-refractivity contribution in [2.75, 3.05) is 23.7 Å². The van der Waals surface area contributed by atoms with Crippen LogP contribution in [0.4, 0.5) is 24.7 Å². The summed E-state index contributed by atoms with van der Waals surface area (Å²) in [5.74, 6) is -1.02. The van der Waals surface area contributed by atoms with Crippen LogP contribution in [0.15, 0.2) is 12.3 Å². The minimum absolute atomic E-state index is 0.132. The van der Waals surface area contributed by atoms with E-state index in [0.29, 0.717) is 24.3 Å². The molecule has 0 aliphatic carbocycles. The topological polar surface area (TPSA) is 65.9 Å². The Morgan fingerprint density at radius 3 is 2.79 bits per heavy atom. The molecule has 0 saturated carbocycles. The minimum atomic E-state index is -4.19. The molecule has 1 aliphatic rings. The molecule has 2 N–H and O–H groups in total. The number of alkyl halides is 3. The quantitative estimate of drug-likeness (QED) is 0.850. The van der Waals surface area contributed by atoms with Gasteiger partial charge in [0.15, 0.2) is 5.82 Å². The van der Waals surface area contributed by atoms with Crippen molar-refractivity contribution in [3.05, 3.63) is 17.8 Å². The van der Waals surface area contributed by atoms with E-state index in [1.807, 2.05) is 6.07 Å². The average molecular weight is 270 g/mol. The Hall–Kier alpha value is -1.97. The van der Waals surface area contributed by atoms with Crippen molar-refractivity contribution in [2.45, 2.75) is 19.0 Å². The third kappa shape index (κ3) is 2.89. The van der Waals surface area contributed by atoms with Gasteiger partial charge in [0.1, 0.15) is 6.07 Å². The number of nitrogens with two attached hydrogens (primary N) is 1. The molecule has 2 rings (SSSR count). The van der Waals surface area contributed by atoms with Crippen LogP contribution in [-0.4, -0.2) is 24.2 Å². The molecule has 19 heavy (non-hydrogen) atoms. The summed E-state index contributed by atoms with van der Waals surface area (Å²) in [7, 11) is 0. The normalized spacial score (nSPS) is 20.1. The molecule has 1 aliphatic heterocycles. The van der Waals surface area contributed by atoms with Crippen molar-refractivity contribution in [3.63, 3.8) is 0 Å². The van der Waals surface area contributed by atoms with Crippen LogP contribution in [0.5, 0.6) is 0 Å². The number of piperidine rings is 1. The lowest BCUT2D eigenvalue weighted by atomic mass is 9.97. The molecular formula is C12H13F3N4. The Morgan fingerprint density at radius 2 is 2.21 bits per heavy atom. The van der Waals surface area contributed by atoms with Crippen molar-refractivity contribution in [1.29, 1.82) is 5.26 Å². The zero-order chi connectivity index (χ0) is 14.0. The van der Waals surface area contributed by atoms with Crippen LogP contribution in [0.3, 0.4) is 0 Å². The van der Waals surface area contributed by atoms with Crippen molar-refractivity contribution in [3.8, 4) is 6.07 Å². The first kappa shape index (κ1) is 13.5. The van der Waals surface area contributed by atoms with Crippen molar-refractivity contribution >= 4 is 11.5 Å². The Labute approximate surface area is 108 Å². The van der Waals surface area contributed by atoms with E-state index >= 15 is 0 Å². The number of nitrogen functional groups attached to an aromatic ring is 1. The molecule has 0 radical (unpaired) electrons. The van der Waals surface area contributed by atoms with Crippen LogP contribution in [-0.2, 0) is 0 Å². The SMILES string of the molecule is N#Cc1cnc(N2CCCC(C(F)(F)F)C2)c(N)c1. The fraction of sp³-hybridized carbons (Fsp3) is 0.500. The highest BCUT2D eigenvalue weighted by Gasteiger charge is 2.42. The van der Waals surface area contributed by atoms with Gasteiger partial charge in [0.05, 0.1) is 17.2 Å². The Morgan fingerprint density at radius 1 is 1.47 bits per heavy atom. The molecule has 1 fully saturated rings. The summed E-state index contributed by atoms with van der Waals surface area (Å²) in [5, 5.41) is 8.70. The lowest BCUT2D eigenvalue weighted by molar-refractivity contribution is -0.176. The number of aromatic nitrogens is 1. The van der Waals surface area contributed by atoms with E-state index in [1.165, 1.54) is 17.2 Å². The molecule has 102 valence electrons. The van der Waals surface area contributed by atoms with Crippen molar-refractivity contribution < 1.29 is 13.2 Å². The number of hydrogen-bond acceptors (Lipinski definition) is 4. The van der Waals surface area contributed by atoms with Gasteiger partial charge in [-0.25, -0.2) is 4.98 Å². The molecule has 0 aromatic carbocycles. The number of rotatable bonds is 1. The van der Waals surface area contributed by atoms with E-state index in [2.05, 4.69) is 4.98 Å². The molecule has 1 unspecified atom stereocenters. The van der Waals surface area contributed by atoms with Gasteiger partial charge in [0.2, 0.25) is 0 Å². The van der Waals surface area contributed by atoms with E-state index in [9.17, 15) is 13.2 Å². The van der Waals surface area contributed by atoms with Gasteiger partial charge in [0, 0.05) is 19.3 Å². The Bertz CT molecular complexity index is 507. The third-order valence-corrected chi connectivity index (χ3v) is 3.21. The van der Waals surface area contributed by atoms with Gasteiger partial charge in [-0.1, -0.05) is 0 Å². The summed E-state index contributed by atoms with van der Waals surface area (Å²) in [6, 6.07) is 3.32. The molecule has 0 spiro atoms. The maximum absolute atomic E-state index is 12.7. The molecule has 1 aromatic heterocycles. The van der Waals surface area contributed by atoms with Gasteiger partial charge >= 0.3 is 6.18 Å². The van der Waals surface area contributed by atoms with Gasteiger partial charge in [-0.15, -0.1) is 0 Å². The molecule has 2 heterocycles. The maximum Gasteiger partial charge on any atom is 0.393 e. The summed E-state index contributed by atoms with van der Waals surface area (Å²) in [5.41, 5.74) is 6.28. The second-order valence-corrected chi connectivity index (χ2v) is 4.58. The number of halogens is 3. The van der Waals surface area contributed by atoms with E-state index in [0.717, 1.165) is 0 Å². The summed E-state index contributed by atoms with van der Waals surface area (Å²) < 4.78 is 38.2. The smallest absolute Gasteiger partial charge is 0.393 e. The zero-order valence-corrected chi connectivity index (χ0v) is 10.1. The average Bonchev–Trinajstić information content (AvgIpc) is 2.37. The molecule has 1 saturated heterocycles. The fourth-order valence-electron chi connectivity index (χ4n) is 2.24.